The lowest BCUT2D eigenvalue weighted by Crippen LogP contribution is -2.36. The van der Waals surface area contributed by atoms with Crippen molar-refractivity contribution in [3.8, 4) is 0 Å². The second-order valence-corrected chi connectivity index (χ2v) is 6.26. The van der Waals surface area contributed by atoms with Crippen LogP contribution in [0.5, 0.6) is 0 Å². The lowest BCUT2D eigenvalue weighted by Gasteiger charge is -2.34. The fourth-order valence-corrected chi connectivity index (χ4v) is 3.66. The molecule has 2 aromatic rings. The van der Waals surface area contributed by atoms with Gasteiger partial charge in [-0.1, -0.05) is 42.7 Å². The molecule has 0 aliphatic heterocycles. The van der Waals surface area contributed by atoms with Crippen LogP contribution in [0.15, 0.2) is 24.3 Å². The number of hydrogen-bond acceptors (Lipinski definition) is 3. The monoisotopic (exact) mass is 246 g/mol. The molecule has 1 aliphatic carbocycles. The Balaban J connectivity index is 1.84. The van der Waals surface area contributed by atoms with Gasteiger partial charge in [-0.2, -0.15) is 0 Å². The van der Waals surface area contributed by atoms with E-state index < -0.39 is 0 Å². The third-order valence-electron chi connectivity index (χ3n) is 3.66. The topological polar surface area (TPSA) is 24.9 Å². The van der Waals surface area contributed by atoms with Gasteiger partial charge in [0.15, 0.2) is 5.13 Å². The molecule has 3 rings (SSSR count). The second-order valence-electron chi connectivity index (χ2n) is 5.23. The van der Waals surface area contributed by atoms with E-state index in [0.717, 1.165) is 10.6 Å². The van der Waals surface area contributed by atoms with Crippen LogP contribution in [0.2, 0.25) is 0 Å². The van der Waals surface area contributed by atoms with Crippen molar-refractivity contribution in [2.45, 2.75) is 44.6 Å². The Hall–Kier alpha value is -1.09. The van der Waals surface area contributed by atoms with E-state index in [0.29, 0.717) is 0 Å². The van der Waals surface area contributed by atoms with Crippen molar-refractivity contribution in [3.63, 3.8) is 0 Å². The van der Waals surface area contributed by atoms with E-state index in [9.17, 15) is 0 Å². The maximum Gasteiger partial charge on any atom is 0.184 e. The zero-order valence-electron chi connectivity index (χ0n) is 10.2. The van der Waals surface area contributed by atoms with Gasteiger partial charge in [0.1, 0.15) is 0 Å². The third kappa shape index (κ3) is 2.29. The van der Waals surface area contributed by atoms with Crippen LogP contribution in [0.4, 0.5) is 5.13 Å². The molecule has 1 saturated carbocycles. The van der Waals surface area contributed by atoms with Crippen LogP contribution in [0, 0.1) is 0 Å². The summed E-state index contributed by atoms with van der Waals surface area (Å²) in [6.07, 6.45) is 6.60. The van der Waals surface area contributed by atoms with E-state index in [1.807, 2.05) is 6.07 Å². The molecule has 3 heteroatoms. The smallest absolute Gasteiger partial charge is 0.184 e. The Kier molecular flexibility index (Phi) is 2.79. The number of nitrogens with zero attached hydrogens (tertiary/aromatic N) is 1. The van der Waals surface area contributed by atoms with Crippen molar-refractivity contribution in [2.75, 3.05) is 5.32 Å². The van der Waals surface area contributed by atoms with Crippen molar-refractivity contribution in [3.05, 3.63) is 24.3 Å². The number of rotatable bonds is 2. The van der Waals surface area contributed by atoms with Crippen molar-refractivity contribution in [1.29, 1.82) is 0 Å². The minimum Gasteiger partial charge on any atom is -0.356 e. The number of anilines is 1. The molecule has 0 spiro atoms. The average Bonchev–Trinajstić information content (AvgIpc) is 2.71. The summed E-state index contributed by atoms with van der Waals surface area (Å²) in [7, 11) is 0. The molecule has 1 aromatic carbocycles. The molecule has 0 bridgehead atoms. The van der Waals surface area contributed by atoms with E-state index in [1.165, 1.54) is 36.8 Å². The number of benzene rings is 1. The summed E-state index contributed by atoms with van der Waals surface area (Å²) >= 11 is 1.77. The number of thiazole rings is 1. The molecule has 17 heavy (non-hydrogen) atoms. The van der Waals surface area contributed by atoms with E-state index in [4.69, 9.17) is 0 Å². The van der Waals surface area contributed by atoms with Crippen LogP contribution < -0.4 is 5.32 Å². The molecule has 0 unspecified atom stereocenters. The maximum absolute atomic E-state index is 4.66. The van der Waals surface area contributed by atoms with Gasteiger partial charge in [0.2, 0.25) is 0 Å². The normalized spacial score (nSPS) is 19.4. The van der Waals surface area contributed by atoms with Gasteiger partial charge in [-0.3, -0.25) is 0 Å². The van der Waals surface area contributed by atoms with Gasteiger partial charge < -0.3 is 5.32 Å². The van der Waals surface area contributed by atoms with Crippen LogP contribution in [-0.4, -0.2) is 10.5 Å². The SMILES string of the molecule is CC1(Nc2nc3ccccc3s2)CCCCC1. The predicted molar refractivity (Wildman–Crippen MR) is 74.7 cm³/mol. The van der Waals surface area contributed by atoms with Crippen LogP contribution in [0.25, 0.3) is 10.2 Å². The molecule has 0 saturated heterocycles. The van der Waals surface area contributed by atoms with Crippen LogP contribution in [-0.2, 0) is 0 Å². The van der Waals surface area contributed by atoms with Crippen molar-refractivity contribution >= 4 is 26.7 Å². The number of aromatic nitrogens is 1. The first kappa shape index (κ1) is 11.0. The minimum absolute atomic E-state index is 0.256. The zero-order chi connectivity index (χ0) is 11.7. The Bertz CT molecular complexity index is 479. The quantitative estimate of drug-likeness (QED) is 0.847. The molecule has 1 aliphatic rings. The summed E-state index contributed by atoms with van der Waals surface area (Å²) in [5.74, 6) is 0. The molecular weight excluding hydrogens is 228 g/mol. The van der Waals surface area contributed by atoms with Crippen LogP contribution in [0.3, 0.4) is 0 Å². The van der Waals surface area contributed by atoms with Gasteiger partial charge in [0, 0.05) is 5.54 Å². The fraction of sp³-hybridized carbons (Fsp3) is 0.500. The van der Waals surface area contributed by atoms with Gasteiger partial charge >= 0.3 is 0 Å². The largest absolute Gasteiger partial charge is 0.356 e. The molecule has 1 heterocycles. The van der Waals surface area contributed by atoms with Gasteiger partial charge in [-0.15, -0.1) is 0 Å². The van der Waals surface area contributed by atoms with E-state index in [-0.39, 0.29) is 5.54 Å². The van der Waals surface area contributed by atoms with Gasteiger partial charge in [-0.05, 0) is 31.9 Å². The molecule has 1 aromatic heterocycles. The molecule has 0 radical (unpaired) electrons. The van der Waals surface area contributed by atoms with Crippen molar-refractivity contribution in [2.24, 2.45) is 0 Å². The number of para-hydroxylation sites is 1. The van der Waals surface area contributed by atoms with Gasteiger partial charge in [0.05, 0.1) is 10.2 Å². The number of hydrogen-bond donors (Lipinski definition) is 1. The van der Waals surface area contributed by atoms with E-state index in [2.05, 4.69) is 35.4 Å². The predicted octanol–water partition coefficient (Wildman–Crippen LogP) is 4.43. The fourth-order valence-electron chi connectivity index (χ4n) is 2.64. The highest BCUT2D eigenvalue weighted by atomic mass is 32.1. The maximum atomic E-state index is 4.66. The Labute approximate surface area is 106 Å². The third-order valence-corrected chi connectivity index (χ3v) is 4.61. The highest BCUT2D eigenvalue weighted by Gasteiger charge is 2.27. The molecule has 0 amide bonds. The van der Waals surface area contributed by atoms with Crippen LogP contribution in [0.1, 0.15) is 39.0 Å². The molecule has 0 atom stereocenters. The highest BCUT2D eigenvalue weighted by molar-refractivity contribution is 7.22. The molecule has 90 valence electrons. The van der Waals surface area contributed by atoms with E-state index >= 15 is 0 Å². The Morgan fingerprint density at radius 1 is 1.18 bits per heavy atom. The first-order valence-electron chi connectivity index (χ1n) is 6.39. The summed E-state index contributed by atoms with van der Waals surface area (Å²) in [4.78, 5) is 4.66. The first-order chi connectivity index (χ1) is 8.25. The molecular formula is C14H18N2S. The Morgan fingerprint density at radius 3 is 2.71 bits per heavy atom. The minimum atomic E-state index is 0.256. The molecule has 2 nitrogen and oxygen atoms in total. The van der Waals surface area contributed by atoms with Gasteiger partial charge in [-0.25, -0.2) is 4.98 Å². The standard InChI is InChI=1S/C14H18N2S/c1-14(9-5-2-6-10-14)16-13-15-11-7-3-4-8-12(11)17-13/h3-4,7-8H,2,5-6,9-10H2,1H3,(H,15,16). The average molecular weight is 246 g/mol. The lowest BCUT2D eigenvalue weighted by molar-refractivity contribution is 0.349. The summed E-state index contributed by atoms with van der Waals surface area (Å²) in [5.41, 5.74) is 1.37. The van der Waals surface area contributed by atoms with Crippen molar-refractivity contribution in [1.82, 2.24) is 4.98 Å². The highest BCUT2D eigenvalue weighted by Crippen LogP contribution is 2.34. The van der Waals surface area contributed by atoms with Crippen molar-refractivity contribution < 1.29 is 0 Å². The summed E-state index contributed by atoms with van der Waals surface area (Å²) in [6, 6.07) is 8.35. The number of fused-ring (bicyclic) bond motifs is 1. The first-order valence-corrected chi connectivity index (χ1v) is 7.21. The second kappa shape index (κ2) is 4.30. The Morgan fingerprint density at radius 2 is 1.94 bits per heavy atom. The summed E-state index contributed by atoms with van der Waals surface area (Å²) in [5, 5.41) is 4.73. The molecule has 1 N–H and O–H groups in total. The summed E-state index contributed by atoms with van der Waals surface area (Å²) in [6.45, 7) is 2.33. The lowest BCUT2D eigenvalue weighted by atomic mass is 9.83. The molecule has 1 fully saturated rings. The zero-order valence-corrected chi connectivity index (χ0v) is 11.0. The summed E-state index contributed by atoms with van der Waals surface area (Å²) < 4.78 is 1.27. The number of nitrogens with one attached hydrogen (secondary N) is 1. The van der Waals surface area contributed by atoms with Gasteiger partial charge in [0.25, 0.3) is 0 Å². The van der Waals surface area contributed by atoms with Crippen LogP contribution >= 0.6 is 11.3 Å². The van der Waals surface area contributed by atoms with E-state index in [1.54, 1.807) is 11.3 Å².